The van der Waals surface area contributed by atoms with E-state index in [0.29, 0.717) is 104 Å². The van der Waals surface area contributed by atoms with Gasteiger partial charge in [-0.1, -0.05) is 115 Å². The molecule has 528 valence electrons. The third-order valence-corrected chi connectivity index (χ3v) is 18.8. The Bertz CT molecular complexity index is 4130. The van der Waals surface area contributed by atoms with Crippen LogP contribution in [-0.2, 0) is 16.0 Å². The number of halogens is 12. The Labute approximate surface area is 620 Å². The first-order chi connectivity index (χ1) is 47.5. The zero-order chi connectivity index (χ0) is 70.7. The number of hydrogen-bond acceptors (Lipinski definition) is 10. The van der Waals surface area contributed by atoms with E-state index >= 15 is 0 Å². The maximum Gasteiger partial charge on any atom is 0.308 e. The molecule has 9 aromatic carbocycles. The molecule has 13 rings (SSSR count). The smallest absolute Gasteiger partial charge is 0.308 e. The van der Waals surface area contributed by atoms with Gasteiger partial charge in [-0.05, 0) is 239 Å². The van der Waals surface area contributed by atoms with Crippen LogP contribution in [0.25, 0.3) is 0 Å². The molecule has 9 aromatic rings. The lowest BCUT2D eigenvalue weighted by Crippen LogP contribution is -2.48. The third kappa shape index (κ3) is 24.2. The second-order valence-corrected chi connectivity index (χ2v) is 27.6. The van der Waals surface area contributed by atoms with Gasteiger partial charge in [0.05, 0.1) is 44.1 Å². The number of anilines is 2. The zero-order valence-corrected chi connectivity index (χ0v) is 59.9. The van der Waals surface area contributed by atoms with Gasteiger partial charge in [0, 0.05) is 64.1 Å². The molecular formula is C76H72Br2Cl5F5N4O8. The third-order valence-electron chi connectivity index (χ3n) is 16.2. The molecule has 1 saturated carbocycles. The minimum atomic E-state index is -0.903. The highest BCUT2D eigenvalue weighted by Crippen LogP contribution is 2.38. The minimum absolute atomic E-state index is 0. The van der Waals surface area contributed by atoms with Gasteiger partial charge in [-0.25, -0.2) is 22.0 Å². The number of aliphatic carboxylic acids is 1. The lowest BCUT2D eigenvalue weighted by molar-refractivity contribution is -0.141. The number of ether oxygens (including phenoxy) is 3. The van der Waals surface area contributed by atoms with Gasteiger partial charge in [0.1, 0.15) is 69.7 Å². The number of hydrogen-bond donors (Lipinski definition) is 4. The average Bonchev–Trinajstić information content (AvgIpc) is 1.55. The molecule has 4 aliphatic rings. The highest BCUT2D eigenvalue weighted by molar-refractivity contribution is 9.10. The predicted octanol–water partition coefficient (Wildman–Crippen LogP) is 21.0. The van der Waals surface area contributed by atoms with E-state index in [1.807, 2.05) is 41.3 Å². The van der Waals surface area contributed by atoms with E-state index in [2.05, 4.69) is 53.0 Å². The molecule has 3 heterocycles. The molecular weight excluding hydrogens is 1530 g/mol. The fraction of sp³-hybridized carbons (Fsp3) is 0.263. The van der Waals surface area contributed by atoms with Gasteiger partial charge in [0.2, 0.25) is 5.91 Å². The topological polar surface area (TPSA) is 144 Å². The van der Waals surface area contributed by atoms with Gasteiger partial charge < -0.3 is 49.5 Å². The van der Waals surface area contributed by atoms with E-state index in [-0.39, 0.29) is 65.3 Å². The van der Waals surface area contributed by atoms with Crippen LogP contribution in [0.1, 0.15) is 68.7 Å². The molecule has 3 aliphatic heterocycles. The Kier molecular flexibility index (Phi) is 29.9. The van der Waals surface area contributed by atoms with Gasteiger partial charge in [-0.15, -0.1) is 0 Å². The number of carboxylic acids is 1. The summed E-state index contributed by atoms with van der Waals surface area (Å²) >= 11 is 36.9. The van der Waals surface area contributed by atoms with Crippen molar-refractivity contribution in [2.75, 3.05) is 55.6 Å². The van der Waals surface area contributed by atoms with Gasteiger partial charge in [0.25, 0.3) is 0 Å². The Morgan fingerprint density at radius 3 is 1.54 bits per heavy atom. The molecule has 3 saturated heterocycles. The summed E-state index contributed by atoms with van der Waals surface area (Å²) in [6, 6.07) is 48.9. The molecule has 24 heteroatoms. The summed E-state index contributed by atoms with van der Waals surface area (Å²) < 4.78 is 82.0. The molecule has 0 radical (unpaired) electrons. The molecule has 1 aliphatic carbocycles. The van der Waals surface area contributed by atoms with Gasteiger partial charge >= 0.3 is 5.97 Å². The molecule has 0 spiro atoms. The molecule has 100 heavy (non-hydrogen) atoms. The van der Waals surface area contributed by atoms with Gasteiger partial charge in [-0.2, -0.15) is 0 Å². The summed E-state index contributed by atoms with van der Waals surface area (Å²) in [5.74, 6) is -0.282. The largest absolute Gasteiger partial charge is 0.508 e. The van der Waals surface area contributed by atoms with Crippen LogP contribution in [0.15, 0.2) is 197 Å². The molecule has 0 bridgehead atoms. The van der Waals surface area contributed by atoms with Crippen molar-refractivity contribution in [1.82, 2.24) is 10.2 Å². The molecule has 4 fully saturated rings. The number of aliphatic hydroxyl groups is 1. The SMILES string of the molecule is C.Fc1cc(Br)ccc1Cl.Fc1ccc(Oc2cc(Br)ccc2Cl)cc1.O=C(N[C@H](CN1CCCC1)[C@H](O)c1ccc(OC2CC2)c(Cl)c1)[C@@H]1CCN(c2ccc(Cl)c(Cc3ccc(F)cc3)c2)C1.O=C(O)[C@@H]1CCN(c2ccc(Cl)c(Oc3ccc(F)cc3)c2)C1.Oc1ccc(F)cc1. The van der Waals surface area contributed by atoms with E-state index < -0.39 is 23.9 Å². The molecule has 0 aromatic heterocycles. The van der Waals surface area contributed by atoms with Crippen LogP contribution in [0.5, 0.6) is 34.5 Å². The lowest BCUT2D eigenvalue weighted by atomic mass is 10.00. The number of phenolic OH excluding ortho intramolecular Hbond substituents is 1. The van der Waals surface area contributed by atoms with E-state index in [1.165, 1.54) is 84.9 Å². The second kappa shape index (κ2) is 38.1. The average molecular weight is 1600 g/mol. The fourth-order valence-corrected chi connectivity index (χ4v) is 12.3. The number of aliphatic hydroxyl groups excluding tert-OH is 1. The first-order valence-corrected chi connectivity index (χ1v) is 35.1. The highest BCUT2D eigenvalue weighted by Gasteiger charge is 2.34. The normalized spacial score (nSPS) is 15.9. The van der Waals surface area contributed by atoms with Crippen LogP contribution in [0.2, 0.25) is 25.1 Å². The molecule has 4 N–H and O–H groups in total. The number of carbonyl (C=O) groups excluding carboxylic acids is 1. The summed E-state index contributed by atoms with van der Waals surface area (Å²) in [4.78, 5) is 31.2. The summed E-state index contributed by atoms with van der Waals surface area (Å²) in [7, 11) is 0. The zero-order valence-electron chi connectivity index (χ0n) is 52.9. The number of phenols is 1. The molecule has 1 amide bonds. The summed E-state index contributed by atoms with van der Waals surface area (Å²) in [6.45, 7) is 4.96. The Morgan fingerprint density at radius 1 is 0.530 bits per heavy atom. The van der Waals surface area contributed by atoms with E-state index in [4.69, 9.17) is 82.4 Å². The number of benzene rings is 9. The Hall–Kier alpha value is -7.30. The number of likely N-dealkylation sites (tertiary alicyclic amines) is 1. The van der Waals surface area contributed by atoms with Crippen LogP contribution >= 0.6 is 89.9 Å². The maximum absolute atomic E-state index is 13.6. The van der Waals surface area contributed by atoms with Crippen molar-refractivity contribution in [1.29, 1.82) is 0 Å². The van der Waals surface area contributed by atoms with Crippen molar-refractivity contribution in [2.45, 2.75) is 70.6 Å². The highest BCUT2D eigenvalue weighted by atomic mass is 79.9. The van der Waals surface area contributed by atoms with Crippen molar-refractivity contribution < 1.29 is 61.1 Å². The first kappa shape index (κ1) is 78.4. The van der Waals surface area contributed by atoms with Crippen molar-refractivity contribution in [3.8, 4) is 34.5 Å². The molecule has 12 nitrogen and oxygen atoms in total. The second-order valence-electron chi connectivity index (χ2n) is 23.7. The number of amides is 1. The number of nitrogens with zero attached hydrogens (tertiary/aromatic N) is 3. The number of rotatable bonds is 17. The number of nitrogens with one attached hydrogen (secondary N) is 1. The van der Waals surface area contributed by atoms with Crippen molar-refractivity contribution in [3.05, 3.63) is 268 Å². The molecule has 4 atom stereocenters. The van der Waals surface area contributed by atoms with Crippen LogP contribution < -0.4 is 29.3 Å². The van der Waals surface area contributed by atoms with Crippen molar-refractivity contribution in [3.63, 3.8) is 0 Å². The Morgan fingerprint density at radius 2 is 1.02 bits per heavy atom. The van der Waals surface area contributed by atoms with Crippen molar-refractivity contribution in [2.24, 2.45) is 11.8 Å². The van der Waals surface area contributed by atoms with Crippen LogP contribution in [0, 0.1) is 40.9 Å². The predicted molar refractivity (Wildman–Crippen MR) is 394 cm³/mol. The van der Waals surface area contributed by atoms with Crippen LogP contribution in [0.3, 0.4) is 0 Å². The standard InChI is InChI=1S/C34H38Cl2FN3O3.C17H15ClFNO3.C12H7BrClFO.C6H3BrClF.C6H5FO.CH4/c35-29-11-8-27(18-25(29)17-22-3-6-26(37)7-4-22)40-16-13-24(20-40)34(42)38-31(21-39-14-1-2-15-39)33(41)23-5-12-32(30(36)19-23)43-28-9-10-28;18-15-6-3-13(20-8-7-11(10-20)17(21)22)9-16(15)23-14-4-1-12(19)2-5-14;13-8-1-6-11(14)12(7-8)16-10-4-2-9(15)3-5-10;7-4-1-2-5(8)6(9)3-4;7-5-1-3-6(8)4-2-5;/h3-8,11-12,18-19,24,28,31,33,41H,1-2,9-10,13-17,20-21H2,(H,38,42);1-6,9,11H,7-8,10H2,(H,21,22);1-7H;1-3H;1-4,8H;1H4/t24-,31-,33-;11-;;;;/m11..../s1. The maximum atomic E-state index is 13.6. The number of carboxylic acid groups (broad SMARTS) is 1. The fourth-order valence-electron chi connectivity index (χ4n) is 10.8. The molecule has 0 unspecified atom stereocenters. The van der Waals surface area contributed by atoms with Gasteiger partial charge in [0.15, 0.2) is 0 Å². The Balaban J connectivity index is 0.000000185. The minimum Gasteiger partial charge on any atom is -0.508 e. The van der Waals surface area contributed by atoms with Crippen LogP contribution in [-0.4, -0.2) is 90.1 Å². The summed E-state index contributed by atoms with van der Waals surface area (Å²) in [5, 5.41) is 34.6. The quantitative estimate of drug-likeness (QED) is 0.0511. The monoisotopic (exact) mass is 1600 g/mol. The van der Waals surface area contributed by atoms with Crippen LogP contribution in [0.4, 0.5) is 33.3 Å². The number of aromatic hydroxyl groups is 1. The van der Waals surface area contributed by atoms with Crippen molar-refractivity contribution >= 4 is 113 Å². The number of carbonyl (C=O) groups is 2. The van der Waals surface area contributed by atoms with E-state index in [1.54, 1.807) is 60.7 Å². The lowest BCUT2D eigenvalue weighted by Gasteiger charge is -2.30. The van der Waals surface area contributed by atoms with E-state index in [0.717, 1.165) is 72.3 Å². The first-order valence-electron chi connectivity index (χ1n) is 31.6. The van der Waals surface area contributed by atoms with Gasteiger partial charge in [-0.3, -0.25) is 9.59 Å². The summed E-state index contributed by atoms with van der Waals surface area (Å²) in [5.41, 5.74) is 4.47. The van der Waals surface area contributed by atoms with E-state index in [9.17, 15) is 36.6 Å². The summed E-state index contributed by atoms with van der Waals surface area (Å²) in [6.07, 6.45) is 5.58.